The topological polar surface area (TPSA) is 32.6 Å². The number of benzene rings is 2. The maximum absolute atomic E-state index is 8.92. The van der Waals surface area contributed by atoms with E-state index in [1.807, 2.05) is 18.2 Å². The van der Waals surface area contributed by atoms with Crippen molar-refractivity contribution in [3.8, 4) is 0 Å². The van der Waals surface area contributed by atoms with Gasteiger partial charge in [-0.3, -0.25) is 0 Å². The fraction of sp³-hybridized carbons (Fsp3) is 0.267. The van der Waals surface area contributed by atoms with Gasteiger partial charge in [0.15, 0.2) is 5.17 Å². The molecule has 2 rings (SSSR count). The fourth-order valence-corrected chi connectivity index (χ4v) is 2.54. The van der Waals surface area contributed by atoms with Crippen molar-refractivity contribution in [3.05, 3.63) is 48.0 Å². The number of fused-ring (bicyclic) bond motifs is 1. The van der Waals surface area contributed by atoms with E-state index in [1.54, 1.807) is 0 Å². The minimum Gasteiger partial charge on any atom is -0.410 e. The molecular weight excluding hydrogens is 246 g/mol. The Morgan fingerprint density at radius 1 is 1.22 bits per heavy atom. The van der Waals surface area contributed by atoms with Crippen LogP contribution >= 0.6 is 11.6 Å². The van der Waals surface area contributed by atoms with Crippen LogP contribution in [0.15, 0.2) is 47.6 Å². The van der Waals surface area contributed by atoms with E-state index in [0.717, 1.165) is 18.4 Å². The van der Waals surface area contributed by atoms with Gasteiger partial charge >= 0.3 is 0 Å². The van der Waals surface area contributed by atoms with Crippen LogP contribution in [-0.4, -0.2) is 10.4 Å². The molecule has 0 saturated heterocycles. The van der Waals surface area contributed by atoms with Gasteiger partial charge in [-0.2, -0.15) is 0 Å². The van der Waals surface area contributed by atoms with Gasteiger partial charge in [0.2, 0.25) is 0 Å². The Bertz CT molecular complexity index is 560. The number of oxime groups is 1. The van der Waals surface area contributed by atoms with Crippen molar-refractivity contribution in [3.63, 3.8) is 0 Å². The molecule has 2 aromatic carbocycles. The first-order valence-corrected chi connectivity index (χ1v) is 6.50. The van der Waals surface area contributed by atoms with Crippen LogP contribution in [0.4, 0.5) is 0 Å². The number of hydrogen-bond donors (Lipinski definition) is 1. The average molecular weight is 262 g/mol. The number of halogens is 1. The van der Waals surface area contributed by atoms with Gasteiger partial charge in [-0.25, -0.2) is 0 Å². The second-order valence-corrected chi connectivity index (χ2v) is 4.72. The van der Waals surface area contributed by atoms with Crippen molar-refractivity contribution < 1.29 is 5.21 Å². The van der Waals surface area contributed by atoms with E-state index in [1.165, 1.54) is 10.8 Å². The van der Waals surface area contributed by atoms with E-state index in [4.69, 9.17) is 16.8 Å². The van der Waals surface area contributed by atoms with E-state index in [0.29, 0.717) is 0 Å². The molecule has 0 aromatic heterocycles. The summed E-state index contributed by atoms with van der Waals surface area (Å²) in [7, 11) is 0. The minimum absolute atomic E-state index is 0.0345. The van der Waals surface area contributed by atoms with E-state index >= 15 is 0 Å². The standard InChI is InChI=1S/C15H16ClNO/c1-2-6-14(15(16)17-18)13-10-5-8-11-7-3-4-9-12(11)13/h3-5,7-10,14,18H,2,6H2,1H3/b17-15-. The van der Waals surface area contributed by atoms with E-state index in [2.05, 4.69) is 36.3 Å². The lowest BCUT2D eigenvalue weighted by Crippen LogP contribution is -2.07. The highest BCUT2D eigenvalue weighted by Gasteiger charge is 2.18. The summed E-state index contributed by atoms with van der Waals surface area (Å²) < 4.78 is 0. The third-order valence-corrected chi connectivity index (χ3v) is 3.50. The largest absolute Gasteiger partial charge is 0.410 e. The van der Waals surface area contributed by atoms with Crippen LogP contribution in [-0.2, 0) is 0 Å². The molecule has 2 nitrogen and oxygen atoms in total. The molecule has 18 heavy (non-hydrogen) atoms. The first kappa shape index (κ1) is 12.9. The average Bonchev–Trinajstić information content (AvgIpc) is 2.43. The van der Waals surface area contributed by atoms with Gasteiger partial charge in [0, 0.05) is 5.92 Å². The van der Waals surface area contributed by atoms with Crippen LogP contribution in [0.3, 0.4) is 0 Å². The Hall–Kier alpha value is -1.54. The van der Waals surface area contributed by atoms with E-state index in [9.17, 15) is 0 Å². The summed E-state index contributed by atoms with van der Waals surface area (Å²) in [6.45, 7) is 2.10. The molecule has 0 saturated carbocycles. The third kappa shape index (κ3) is 2.49. The normalized spacial score (nSPS) is 13.8. The van der Waals surface area contributed by atoms with Gasteiger partial charge in [0.1, 0.15) is 0 Å². The maximum atomic E-state index is 8.92. The zero-order chi connectivity index (χ0) is 13.0. The van der Waals surface area contributed by atoms with Crippen molar-refractivity contribution in [1.82, 2.24) is 0 Å². The predicted octanol–water partition coefficient (Wildman–Crippen LogP) is 4.75. The molecule has 0 radical (unpaired) electrons. The first-order valence-electron chi connectivity index (χ1n) is 6.13. The molecule has 2 aromatic rings. The van der Waals surface area contributed by atoms with Crippen molar-refractivity contribution in [2.45, 2.75) is 25.7 Å². The van der Waals surface area contributed by atoms with Gasteiger partial charge in [-0.05, 0) is 22.8 Å². The molecular formula is C15H16ClNO. The lowest BCUT2D eigenvalue weighted by molar-refractivity contribution is 0.318. The second-order valence-electron chi connectivity index (χ2n) is 4.33. The zero-order valence-corrected chi connectivity index (χ0v) is 11.1. The van der Waals surface area contributed by atoms with Crippen molar-refractivity contribution in [2.75, 3.05) is 0 Å². The first-order chi connectivity index (χ1) is 8.77. The highest BCUT2D eigenvalue weighted by atomic mass is 35.5. The lowest BCUT2D eigenvalue weighted by Gasteiger charge is -2.16. The predicted molar refractivity (Wildman–Crippen MR) is 76.7 cm³/mol. The van der Waals surface area contributed by atoms with Crippen molar-refractivity contribution in [2.24, 2.45) is 5.16 Å². The summed E-state index contributed by atoms with van der Waals surface area (Å²) >= 11 is 6.04. The molecule has 0 fully saturated rings. The summed E-state index contributed by atoms with van der Waals surface area (Å²) in [4.78, 5) is 0. The van der Waals surface area contributed by atoms with Crippen LogP contribution in [0.2, 0.25) is 0 Å². The quantitative estimate of drug-likeness (QED) is 0.481. The fourth-order valence-electron chi connectivity index (χ4n) is 2.32. The van der Waals surface area contributed by atoms with Crippen LogP contribution in [0.1, 0.15) is 31.2 Å². The van der Waals surface area contributed by atoms with Gasteiger partial charge in [-0.1, -0.05) is 72.6 Å². The molecule has 94 valence electrons. The Balaban J connectivity index is 2.57. The van der Waals surface area contributed by atoms with Crippen LogP contribution in [0, 0.1) is 0 Å². The van der Waals surface area contributed by atoms with Gasteiger partial charge in [-0.15, -0.1) is 0 Å². The monoisotopic (exact) mass is 261 g/mol. The molecule has 0 aliphatic heterocycles. The lowest BCUT2D eigenvalue weighted by atomic mass is 9.91. The Labute approximate surface area is 112 Å². The summed E-state index contributed by atoms with van der Waals surface area (Å²) in [6.07, 6.45) is 1.86. The number of rotatable bonds is 4. The maximum Gasteiger partial charge on any atom is 0.152 e. The Morgan fingerprint density at radius 2 is 1.94 bits per heavy atom. The molecule has 0 spiro atoms. The third-order valence-electron chi connectivity index (χ3n) is 3.16. The number of nitrogens with zero attached hydrogens (tertiary/aromatic N) is 1. The van der Waals surface area contributed by atoms with Gasteiger partial charge in [0.05, 0.1) is 0 Å². The molecule has 0 heterocycles. The molecule has 3 heteroatoms. The molecule has 1 unspecified atom stereocenters. The summed E-state index contributed by atoms with van der Waals surface area (Å²) in [6, 6.07) is 14.3. The molecule has 1 N–H and O–H groups in total. The Kier molecular flexibility index (Phi) is 4.21. The van der Waals surface area contributed by atoms with Gasteiger partial charge in [0.25, 0.3) is 0 Å². The smallest absolute Gasteiger partial charge is 0.152 e. The Morgan fingerprint density at radius 3 is 2.67 bits per heavy atom. The van der Waals surface area contributed by atoms with Crippen molar-refractivity contribution in [1.29, 1.82) is 0 Å². The van der Waals surface area contributed by atoms with Gasteiger partial charge < -0.3 is 5.21 Å². The highest BCUT2D eigenvalue weighted by molar-refractivity contribution is 6.66. The molecule has 0 aliphatic carbocycles. The second kappa shape index (κ2) is 5.87. The minimum atomic E-state index is -0.0345. The van der Waals surface area contributed by atoms with Crippen LogP contribution in [0.5, 0.6) is 0 Å². The van der Waals surface area contributed by atoms with E-state index in [-0.39, 0.29) is 11.1 Å². The molecule has 0 bridgehead atoms. The summed E-state index contributed by atoms with van der Waals surface area (Å²) in [5.41, 5.74) is 1.12. The summed E-state index contributed by atoms with van der Waals surface area (Å²) in [5.74, 6) is -0.0345. The summed E-state index contributed by atoms with van der Waals surface area (Å²) in [5, 5.41) is 14.7. The molecule has 0 amide bonds. The van der Waals surface area contributed by atoms with E-state index < -0.39 is 0 Å². The number of hydrogen-bond acceptors (Lipinski definition) is 2. The molecule has 1 atom stereocenters. The van der Waals surface area contributed by atoms with Crippen LogP contribution < -0.4 is 0 Å². The highest BCUT2D eigenvalue weighted by Crippen LogP contribution is 2.31. The molecule has 0 aliphatic rings. The van der Waals surface area contributed by atoms with Crippen molar-refractivity contribution >= 4 is 27.5 Å². The van der Waals surface area contributed by atoms with Crippen LogP contribution in [0.25, 0.3) is 10.8 Å². The zero-order valence-electron chi connectivity index (χ0n) is 10.3. The SMILES string of the molecule is CCCC(/C(Cl)=N/O)c1cccc2ccccc12.